The molecule has 2 bridgehead atoms. The molecule has 2 aromatic carbocycles. The largest absolute Gasteiger partial charge is 0.478 e. The summed E-state index contributed by atoms with van der Waals surface area (Å²) in [5, 5.41) is 13.0. The van der Waals surface area contributed by atoms with Crippen molar-refractivity contribution < 1.29 is 23.8 Å². The van der Waals surface area contributed by atoms with E-state index in [0.29, 0.717) is 18.9 Å². The van der Waals surface area contributed by atoms with Crippen molar-refractivity contribution in [1.29, 1.82) is 0 Å². The number of oxazole rings is 1. The summed E-state index contributed by atoms with van der Waals surface area (Å²) in [5.74, 6) is -0.597. The molecule has 2 saturated heterocycles. The van der Waals surface area contributed by atoms with Crippen LogP contribution in [-0.2, 0) is 17.6 Å². The van der Waals surface area contributed by atoms with Gasteiger partial charge in [0.2, 0.25) is 5.89 Å². The van der Waals surface area contributed by atoms with Crippen molar-refractivity contribution >= 4 is 23.5 Å². The average Bonchev–Trinajstić information content (AvgIpc) is 3.62. The van der Waals surface area contributed by atoms with Gasteiger partial charge < -0.3 is 19.6 Å². The number of rotatable bonds is 10. The molecule has 4 atom stereocenters. The molecule has 1 amide bonds. The number of unbranched alkanes of at least 4 members (excludes halogenated alkanes) is 1. The second kappa shape index (κ2) is 10.8. The SMILES string of the molecule is O=C(O)c1cccc(C[C@H]2[C@@H](c3nc(C(=O)NCCCCc4ccc(Cl)cc4)co3)[C@@H]3CC[C@H]2O3)c1. The fourth-order valence-corrected chi connectivity index (χ4v) is 5.55. The van der Waals surface area contributed by atoms with Gasteiger partial charge in [-0.05, 0) is 73.9 Å². The Kier molecular flexibility index (Phi) is 7.39. The molecule has 0 radical (unpaired) electrons. The van der Waals surface area contributed by atoms with Crippen LogP contribution in [0.1, 0.15) is 69.5 Å². The maximum Gasteiger partial charge on any atom is 0.335 e. The van der Waals surface area contributed by atoms with E-state index in [9.17, 15) is 14.7 Å². The highest BCUT2D eigenvalue weighted by atomic mass is 35.5. The molecule has 36 heavy (non-hydrogen) atoms. The van der Waals surface area contributed by atoms with Crippen LogP contribution in [0.25, 0.3) is 0 Å². The zero-order valence-electron chi connectivity index (χ0n) is 19.9. The Balaban J connectivity index is 1.17. The molecule has 2 aliphatic heterocycles. The number of carbonyl (C=O) groups excluding carboxylic acids is 1. The minimum absolute atomic E-state index is 0.00471. The molecule has 5 rings (SSSR count). The number of fused-ring (bicyclic) bond motifs is 2. The first-order valence-electron chi connectivity index (χ1n) is 12.4. The first-order valence-corrected chi connectivity index (χ1v) is 12.8. The van der Waals surface area contributed by atoms with Crippen LogP contribution < -0.4 is 5.32 Å². The summed E-state index contributed by atoms with van der Waals surface area (Å²) in [6.07, 6.45) is 6.82. The third-order valence-corrected chi connectivity index (χ3v) is 7.45. The maximum absolute atomic E-state index is 12.6. The molecule has 188 valence electrons. The third-order valence-electron chi connectivity index (χ3n) is 7.20. The number of carboxylic acid groups (broad SMARTS) is 1. The summed E-state index contributed by atoms with van der Waals surface area (Å²) >= 11 is 5.92. The molecular weight excluding hydrogens is 480 g/mol. The monoisotopic (exact) mass is 508 g/mol. The number of ether oxygens (including phenoxy) is 1. The van der Waals surface area contributed by atoms with Crippen LogP contribution in [0, 0.1) is 5.92 Å². The molecule has 8 heteroatoms. The van der Waals surface area contributed by atoms with Crippen LogP contribution in [-0.4, -0.2) is 40.7 Å². The van der Waals surface area contributed by atoms with E-state index < -0.39 is 5.97 Å². The lowest BCUT2D eigenvalue weighted by atomic mass is 9.76. The molecule has 2 fully saturated rings. The van der Waals surface area contributed by atoms with Gasteiger partial charge in [-0.2, -0.15) is 0 Å². The highest BCUT2D eigenvalue weighted by Crippen LogP contribution is 2.49. The van der Waals surface area contributed by atoms with Gasteiger partial charge in [-0.15, -0.1) is 0 Å². The summed E-state index contributed by atoms with van der Waals surface area (Å²) in [6, 6.07) is 14.8. The lowest BCUT2D eigenvalue weighted by Gasteiger charge is -2.25. The van der Waals surface area contributed by atoms with Crippen LogP contribution >= 0.6 is 11.6 Å². The number of hydrogen-bond donors (Lipinski definition) is 2. The molecule has 0 unspecified atom stereocenters. The second-order valence-corrected chi connectivity index (χ2v) is 10.0. The van der Waals surface area contributed by atoms with Crippen LogP contribution in [0.15, 0.2) is 59.2 Å². The van der Waals surface area contributed by atoms with Gasteiger partial charge in [0, 0.05) is 17.5 Å². The fourth-order valence-electron chi connectivity index (χ4n) is 5.42. The van der Waals surface area contributed by atoms with Crippen molar-refractivity contribution in [3.8, 4) is 0 Å². The maximum atomic E-state index is 12.6. The smallest absolute Gasteiger partial charge is 0.335 e. The van der Waals surface area contributed by atoms with Gasteiger partial charge in [0.25, 0.3) is 5.91 Å². The zero-order valence-corrected chi connectivity index (χ0v) is 20.6. The van der Waals surface area contributed by atoms with E-state index >= 15 is 0 Å². The van der Waals surface area contributed by atoms with E-state index in [1.807, 2.05) is 30.3 Å². The zero-order chi connectivity index (χ0) is 25.1. The number of nitrogens with zero attached hydrogens (tertiary/aromatic N) is 1. The quantitative estimate of drug-likeness (QED) is 0.361. The van der Waals surface area contributed by atoms with Crippen LogP contribution in [0.2, 0.25) is 5.02 Å². The standard InChI is InChI=1S/C28H29ClN2O5/c29-20-9-7-17(8-10-20)4-1-2-13-30-26(32)22-16-35-27(31-22)25-21(23-11-12-24(25)36-23)15-18-5-3-6-19(14-18)28(33)34/h3,5-10,14,16,21,23-25H,1-2,4,11-13,15H2,(H,30,32)(H,33,34)/t21-,23-,24+,25-/m1/s1. The predicted molar refractivity (Wildman–Crippen MR) is 134 cm³/mol. The first-order chi connectivity index (χ1) is 17.5. The Bertz CT molecular complexity index is 1220. The van der Waals surface area contributed by atoms with E-state index in [1.165, 1.54) is 11.8 Å². The summed E-state index contributed by atoms with van der Waals surface area (Å²) < 4.78 is 12.0. The Morgan fingerprint density at radius 2 is 1.86 bits per heavy atom. The van der Waals surface area contributed by atoms with Crippen molar-refractivity contribution in [1.82, 2.24) is 10.3 Å². The highest BCUT2D eigenvalue weighted by Gasteiger charge is 2.51. The Morgan fingerprint density at radius 3 is 2.67 bits per heavy atom. The van der Waals surface area contributed by atoms with Gasteiger partial charge in [0.05, 0.1) is 23.7 Å². The molecule has 3 aromatic rings. The van der Waals surface area contributed by atoms with Crippen molar-refractivity contribution in [2.45, 2.75) is 56.7 Å². The second-order valence-electron chi connectivity index (χ2n) is 9.60. The summed E-state index contributed by atoms with van der Waals surface area (Å²) in [7, 11) is 0. The number of carboxylic acids is 1. The number of benzene rings is 2. The van der Waals surface area contributed by atoms with E-state index in [2.05, 4.69) is 10.3 Å². The van der Waals surface area contributed by atoms with Gasteiger partial charge in [-0.3, -0.25) is 4.79 Å². The molecule has 7 nitrogen and oxygen atoms in total. The molecule has 2 aliphatic rings. The molecule has 0 spiro atoms. The van der Waals surface area contributed by atoms with E-state index in [4.69, 9.17) is 20.8 Å². The van der Waals surface area contributed by atoms with Gasteiger partial charge in [0.1, 0.15) is 6.26 Å². The first kappa shape index (κ1) is 24.5. The number of halogens is 1. The number of aryl methyl sites for hydroxylation is 1. The lowest BCUT2D eigenvalue weighted by Crippen LogP contribution is -2.28. The Hall–Kier alpha value is -3.16. The normalized spacial score (nSPS) is 22.6. The highest BCUT2D eigenvalue weighted by molar-refractivity contribution is 6.30. The number of aromatic nitrogens is 1. The molecule has 0 aliphatic carbocycles. The Morgan fingerprint density at radius 1 is 1.06 bits per heavy atom. The summed E-state index contributed by atoms with van der Waals surface area (Å²) in [5.41, 5.74) is 2.72. The van der Waals surface area contributed by atoms with Crippen molar-refractivity contribution in [2.24, 2.45) is 5.92 Å². The van der Waals surface area contributed by atoms with E-state index in [0.717, 1.165) is 42.7 Å². The molecular formula is C28H29ClN2O5. The van der Waals surface area contributed by atoms with Crippen molar-refractivity contribution in [3.05, 3.63) is 88.1 Å². The van der Waals surface area contributed by atoms with Gasteiger partial charge in [-0.1, -0.05) is 35.9 Å². The number of aromatic carboxylic acids is 1. The van der Waals surface area contributed by atoms with Gasteiger partial charge >= 0.3 is 5.97 Å². The van der Waals surface area contributed by atoms with Gasteiger partial charge in [0.15, 0.2) is 5.69 Å². The predicted octanol–water partition coefficient (Wildman–Crippen LogP) is 5.28. The van der Waals surface area contributed by atoms with Crippen molar-refractivity contribution in [2.75, 3.05) is 6.54 Å². The number of amides is 1. The Labute approximate surface area is 214 Å². The van der Waals surface area contributed by atoms with E-state index in [1.54, 1.807) is 18.2 Å². The van der Waals surface area contributed by atoms with E-state index in [-0.39, 0.29) is 41.2 Å². The summed E-state index contributed by atoms with van der Waals surface area (Å²) in [4.78, 5) is 28.5. The summed E-state index contributed by atoms with van der Waals surface area (Å²) in [6.45, 7) is 0.564. The molecule has 3 heterocycles. The number of carbonyl (C=O) groups is 2. The minimum atomic E-state index is -0.939. The van der Waals surface area contributed by atoms with Crippen molar-refractivity contribution in [3.63, 3.8) is 0 Å². The third kappa shape index (κ3) is 5.47. The molecule has 2 N–H and O–H groups in total. The number of hydrogen-bond acceptors (Lipinski definition) is 5. The topological polar surface area (TPSA) is 102 Å². The molecule has 0 saturated carbocycles. The van der Waals surface area contributed by atoms with Gasteiger partial charge in [-0.25, -0.2) is 9.78 Å². The number of nitrogens with one attached hydrogen (secondary N) is 1. The average molecular weight is 509 g/mol. The fraction of sp³-hybridized carbons (Fsp3) is 0.393. The lowest BCUT2D eigenvalue weighted by molar-refractivity contribution is 0.0696. The van der Waals surface area contributed by atoms with Crippen LogP contribution in [0.3, 0.4) is 0 Å². The van der Waals surface area contributed by atoms with Crippen LogP contribution in [0.4, 0.5) is 0 Å². The minimum Gasteiger partial charge on any atom is -0.478 e. The molecule has 1 aromatic heterocycles. The van der Waals surface area contributed by atoms with Crippen LogP contribution in [0.5, 0.6) is 0 Å².